The summed E-state index contributed by atoms with van der Waals surface area (Å²) < 4.78 is 11.0. The molecule has 1 aliphatic rings. The van der Waals surface area contributed by atoms with E-state index in [0.717, 1.165) is 11.1 Å². The van der Waals surface area contributed by atoms with E-state index in [1.807, 2.05) is 49.4 Å². The average Bonchev–Trinajstić information content (AvgIpc) is 3.03. The first-order chi connectivity index (χ1) is 11.6. The zero-order valence-corrected chi connectivity index (χ0v) is 13.2. The molecule has 0 fully saturated rings. The van der Waals surface area contributed by atoms with Crippen molar-refractivity contribution in [2.45, 2.75) is 19.4 Å². The minimum Gasteiger partial charge on any atom is -0.483 e. The minimum absolute atomic E-state index is 0.184. The van der Waals surface area contributed by atoms with Crippen molar-refractivity contribution in [2.75, 3.05) is 6.61 Å². The first-order valence-corrected chi connectivity index (χ1v) is 7.65. The highest BCUT2D eigenvalue weighted by Gasteiger charge is 2.28. The second-order valence-corrected chi connectivity index (χ2v) is 5.51. The van der Waals surface area contributed by atoms with Crippen molar-refractivity contribution in [1.29, 1.82) is 0 Å². The molecule has 0 saturated carbocycles. The van der Waals surface area contributed by atoms with Gasteiger partial charge in [-0.05, 0) is 30.2 Å². The van der Waals surface area contributed by atoms with Crippen LogP contribution in [0.4, 0.5) is 0 Å². The van der Waals surface area contributed by atoms with E-state index < -0.39 is 17.9 Å². The van der Waals surface area contributed by atoms with Gasteiger partial charge in [-0.1, -0.05) is 36.4 Å². The lowest BCUT2D eigenvalue weighted by atomic mass is 10.1. The maximum atomic E-state index is 12.1. The molecule has 2 N–H and O–H groups in total. The van der Waals surface area contributed by atoms with Gasteiger partial charge in [0.05, 0.1) is 0 Å². The molecule has 0 bridgehead atoms. The van der Waals surface area contributed by atoms with Crippen molar-refractivity contribution >= 4 is 11.8 Å². The van der Waals surface area contributed by atoms with Crippen LogP contribution in [-0.2, 0) is 16.0 Å². The molecule has 0 aliphatic carbocycles. The second-order valence-electron chi connectivity index (χ2n) is 5.51. The van der Waals surface area contributed by atoms with Crippen molar-refractivity contribution in [3.05, 3.63) is 59.7 Å². The summed E-state index contributed by atoms with van der Waals surface area (Å²) in [5.74, 6) is 0.498. The third-order valence-corrected chi connectivity index (χ3v) is 3.72. The Kier molecular flexibility index (Phi) is 4.65. The number of rotatable bonds is 4. The van der Waals surface area contributed by atoms with E-state index in [4.69, 9.17) is 9.47 Å². The van der Waals surface area contributed by atoms with Gasteiger partial charge in [-0.15, -0.1) is 0 Å². The van der Waals surface area contributed by atoms with Gasteiger partial charge >= 0.3 is 0 Å². The van der Waals surface area contributed by atoms with Gasteiger partial charge in [-0.25, -0.2) is 0 Å². The highest BCUT2D eigenvalue weighted by Crippen LogP contribution is 2.27. The molecule has 24 heavy (non-hydrogen) atoms. The number of aryl methyl sites for hydroxylation is 1. The molecule has 6 nitrogen and oxygen atoms in total. The molecule has 0 unspecified atom stereocenters. The number of ether oxygens (including phenoxy) is 2. The summed E-state index contributed by atoms with van der Waals surface area (Å²) in [6, 6.07) is 14.9. The summed E-state index contributed by atoms with van der Waals surface area (Å²) in [7, 11) is 0. The SMILES string of the molecule is Cc1ccccc1OCC(=O)NNC(=O)[C@H]1Cc2ccccc2O1. The quantitative estimate of drug-likeness (QED) is 0.835. The zero-order valence-electron chi connectivity index (χ0n) is 13.2. The minimum atomic E-state index is -0.639. The number of nitrogens with one attached hydrogen (secondary N) is 2. The number of carbonyl (C=O) groups excluding carboxylic acids is 2. The first-order valence-electron chi connectivity index (χ1n) is 7.65. The maximum absolute atomic E-state index is 12.1. The topological polar surface area (TPSA) is 76.7 Å². The summed E-state index contributed by atoms with van der Waals surface area (Å²) in [4.78, 5) is 23.8. The fraction of sp³-hybridized carbons (Fsp3) is 0.222. The molecule has 0 aromatic heterocycles. The molecule has 1 heterocycles. The van der Waals surface area contributed by atoms with Crippen LogP contribution in [0, 0.1) is 6.92 Å². The molecular weight excluding hydrogens is 308 g/mol. The molecular formula is C18H18N2O4. The molecule has 0 radical (unpaired) electrons. The van der Waals surface area contributed by atoms with Crippen LogP contribution in [-0.4, -0.2) is 24.5 Å². The van der Waals surface area contributed by atoms with Crippen LogP contribution in [0.1, 0.15) is 11.1 Å². The Labute approximate surface area is 139 Å². The predicted octanol–water partition coefficient (Wildman–Crippen LogP) is 1.52. The number of hydrogen-bond donors (Lipinski definition) is 2. The number of para-hydroxylation sites is 2. The van der Waals surface area contributed by atoms with Crippen molar-refractivity contribution in [3.8, 4) is 11.5 Å². The summed E-state index contributed by atoms with van der Waals surface area (Å²) >= 11 is 0. The van der Waals surface area contributed by atoms with Gasteiger partial charge in [0.1, 0.15) is 11.5 Å². The number of benzene rings is 2. The molecule has 0 saturated heterocycles. The molecule has 124 valence electrons. The van der Waals surface area contributed by atoms with E-state index >= 15 is 0 Å². The Morgan fingerprint density at radius 2 is 1.88 bits per heavy atom. The van der Waals surface area contributed by atoms with Gasteiger partial charge in [-0.3, -0.25) is 20.4 Å². The Bertz CT molecular complexity index is 735. The number of carbonyl (C=O) groups is 2. The largest absolute Gasteiger partial charge is 0.483 e. The molecule has 1 aliphatic heterocycles. The van der Waals surface area contributed by atoms with Crippen molar-refractivity contribution in [2.24, 2.45) is 0 Å². The fourth-order valence-electron chi connectivity index (χ4n) is 2.44. The van der Waals surface area contributed by atoms with Gasteiger partial charge in [-0.2, -0.15) is 0 Å². The van der Waals surface area contributed by atoms with Crippen LogP contribution >= 0.6 is 0 Å². The number of hydrogen-bond acceptors (Lipinski definition) is 4. The summed E-state index contributed by atoms with van der Waals surface area (Å²) in [6.45, 7) is 1.71. The fourth-order valence-corrected chi connectivity index (χ4v) is 2.44. The summed E-state index contributed by atoms with van der Waals surface area (Å²) in [6.07, 6.45) is -0.155. The molecule has 2 aromatic carbocycles. The normalized spacial score (nSPS) is 15.1. The molecule has 3 rings (SSSR count). The van der Waals surface area contributed by atoms with Crippen LogP contribution in [0.2, 0.25) is 0 Å². The molecule has 2 amide bonds. The third-order valence-electron chi connectivity index (χ3n) is 3.72. The van der Waals surface area contributed by atoms with Crippen molar-refractivity contribution in [3.63, 3.8) is 0 Å². The Morgan fingerprint density at radius 1 is 1.12 bits per heavy atom. The van der Waals surface area contributed by atoms with Crippen molar-refractivity contribution in [1.82, 2.24) is 10.9 Å². The Balaban J connectivity index is 1.44. The molecule has 1 atom stereocenters. The lowest BCUT2D eigenvalue weighted by Gasteiger charge is -2.13. The highest BCUT2D eigenvalue weighted by molar-refractivity contribution is 5.86. The summed E-state index contributed by atoms with van der Waals surface area (Å²) in [5.41, 5.74) is 6.61. The van der Waals surface area contributed by atoms with Crippen molar-refractivity contribution < 1.29 is 19.1 Å². The van der Waals surface area contributed by atoms with Gasteiger partial charge in [0.25, 0.3) is 11.8 Å². The van der Waals surface area contributed by atoms with Crippen LogP contribution in [0.15, 0.2) is 48.5 Å². The summed E-state index contributed by atoms with van der Waals surface area (Å²) in [5, 5.41) is 0. The lowest BCUT2D eigenvalue weighted by molar-refractivity contribution is -0.133. The van der Waals surface area contributed by atoms with Crippen LogP contribution in [0.3, 0.4) is 0 Å². The number of amides is 2. The Morgan fingerprint density at radius 3 is 2.67 bits per heavy atom. The van der Waals surface area contributed by atoms with Crippen LogP contribution < -0.4 is 20.3 Å². The van der Waals surface area contributed by atoms with E-state index in [2.05, 4.69) is 10.9 Å². The second kappa shape index (κ2) is 7.04. The molecule has 6 heteroatoms. The van der Waals surface area contributed by atoms with E-state index in [1.54, 1.807) is 6.07 Å². The Hall–Kier alpha value is -3.02. The number of hydrazine groups is 1. The standard InChI is InChI=1S/C18H18N2O4/c1-12-6-2-4-8-14(12)23-11-17(21)19-20-18(22)16-10-13-7-3-5-9-15(13)24-16/h2-9,16H,10-11H2,1H3,(H,19,21)(H,20,22)/t16-/m1/s1. The van der Waals surface area contributed by atoms with E-state index in [1.165, 1.54) is 0 Å². The van der Waals surface area contributed by atoms with Gasteiger partial charge < -0.3 is 9.47 Å². The van der Waals surface area contributed by atoms with E-state index in [0.29, 0.717) is 17.9 Å². The van der Waals surface area contributed by atoms with Crippen LogP contribution in [0.5, 0.6) is 11.5 Å². The van der Waals surface area contributed by atoms with Gasteiger partial charge in [0.15, 0.2) is 12.7 Å². The van der Waals surface area contributed by atoms with Gasteiger partial charge in [0.2, 0.25) is 0 Å². The first kappa shape index (κ1) is 15.9. The number of fused-ring (bicyclic) bond motifs is 1. The molecule has 2 aromatic rings. The third kappa shape index (κ3) is 3.65. The van der Waals surface area contributed by atoms with E-state index in [9.17, 15) is 9.59 Å². The maximum Gasteiger partial charge on any atom is 0.279 e. The van der Waals surface area contributed by atoms with E-state index in [-0.39, 0.29) is 6.61 Å². The average molecular weight is 326 g/mol. The highest BCUT2D eigenvalue weighted by atomic mass is 16.5. The lowest BCUT2D eigenvalue weighted by Crippen LogP contribution is -2.49. The zero-order chi connectivity index (χ0) is 16.9. The van der Waals surface area contributed by atoms with Gasteiger partial charge in [0, 0.05) is 6.42 Å². The smallest absolute Gasteiger partial charge is 0.279 e. The van der Waals surface area contributed by atoms with Crippen LogP contribution in [0.25, 0.3) is 0 Å². The monoisotopic (exact) mass is 326 g/mol. The predicted molar refractivity (Wildman–Crippen MR) is 87.5 cm³/mol. The molecule has 0 spiro atoms.